The van der Waals surface area contributed by atoms with Gasteiger partial charge in [-0.2, -0.15) is 0 Å². The molecule has 14 nitrogen and oxygen atoms in total. The van der Waals surface area contributed by atoms with Crippen molar-refractivity contribution in [2.45, 2.75) is 110 Å². The van der Waals surface area contributed by atoms with Gasteiger partial charge in [-0.25, -0.2) is 9.97 Å². The number of esters is 1. The first-order valence-electron chi connectivity index (χ1n) is 24.4. The van der Waals surface area contributed by atoms with Crippen LogP contribution in [-0.2, 0) is 14.3 Å². The van der Waals surface area contributed by atoms with Gasteiger partial charge >= 0.3 is 11.9 Å². The number of hydrogen-bond acceptors (Lipinski definition) is 11. The number of aliphatic carboxylic acids is 1. The molecule has 6 aromatic rings. The molecule has 372 valence electrons. The zero-order chi connectivity index (χ0) is 49.9. The van der Waals surface area contributed by atoms with Crippen molar-refractivity contribution in [2.24, 2.45) is 11.8 Å². The van der Waals surface area contributed by atoms with Crippen molar-refractivity contribution in [1.29, 1.82) is 0 Å². The number of hydrogen-bond donors (Lipinski definition) is 3. The number of ether oxygens (including phenoxy) is 1. The number of aromatic nitrogens is 2. The molecule has 70 heavy (non-hydrogen) atoms. The lowest BCUT2D eigenvalue weighted by Gasteiger charge is -2.31. The van der Waals surface area contributed by atoms with Crippen LogP contribution in [0.1, 0.15) is 139 Å². The summed E-state index contributed by atoms with van der Waals surface area (Å²) in [4.78, 5) is 60.1. The second kappa shape index (κ2) is 24.4. The van der Waals surface area contributed by atoms with Gasteiger partial charge in [0.15, 0.2) is 11.2 Å². The molecule has 2 saturated carbocycles. The number of carbonyl (C=O) groups is 4. The standard InChI is InChI=1S/C28H34BrN3O4.C26H30BrN3O4/c1-4-35-24(33)16-17-32(3)28(34)20-10-12-21(13-11-20)30-26(19-8-6-5-7-9-19)27-18(2)25-22(36-27)14-15-23(29)31-25;1-16-23-20(12-13-21(27)29-23)34-25(16)24(17-6-4-3-5-7-17)28-19-10-8-18(9-11-19)26(33)30(2)15-14-22(31)32/h10-15,19,26,30H,4-9,16-17H2,1-3H3;8-13,17,24,28H,3-7,14-15H2,1-2H3,(H,31,32). The van der Waals surface area contributed by atoms with Crippen molar-refractivity contribution >= 4 is 89.2 Å². The first-order valence-corrected chi connectivity index (χ1v) is 26.0. The molecule has 8 rings (SSSR count). The molecule has 2 aromatic carbocycles. The molecular formula is C54H64Br2N6O8. The fourth-order valence-corrected chi connectivity index (χ4v) is 10.3. The molecule has 0 spiro atoms. The van der Waals surface area contributed by atoms with Gasteiger partial charge in [0.1, 0.15) is 31.8 Å². The summed E-state index contributed by atoms with van der Waals surface area (Å²) in [6.07, 6.45) is 12.1. The van der Waals surface area contributed by atoms with E-state index in [-0.39, 0.29) is 49.3 Å². The number of rotatable bonds is 17. The lowest BCUT2D eigenvalue weighted by atomic mass is 9.82. The molecule has 2 atom stereocenters. The molecule has 2 aliphatic carbocycles. The largest absolute Gasteiger partial charge is 0.481 e. The Balaban J connectivity index is 0.000000207. The van der Waals surface area contributed by atoms with Gasteiger partial charge < -0.3 is 39.1 Å². The number of nitrogens with zero attached hydrogens (tertiary/aromatic N) is 4. The van der Waals surface area contributed by atoms with Crippen LogP contribution in [0.25, 0.3) is 22.2 Å². The van der Waals surface area contributed by atoms with Crippen LogP contribution in [-0.4, -0.2) is 82.4 Å². The van der Waals surface area contributed by atoms with Crippen LogP contribution < -0.4 is 10.6 Å². The molecule has 2 amide bonds. The topological polar surface area (TPSA) is 180 Å². The van der Waals surface area contributed by atoms with E-state index < -0.39 is 5.97 Å². The summed E-state index contributed by atoms with van der Waals surface area (Å²) in [7, 11) is 3.32. The van der Waals surface area contributed by atoms with Crippen LogP contribution in [0.15, 0.2) is 90.8 Å². The van der Waals surface area contributed by atoms with Gasteiger partial charge in [0.05, 0.1) is 31.5 Å². The quantitative estimate of drug-likeness (QED) is 0.0582. The fraction of sp³-hybridized carbons (Fsp3) is 0.444. The molecule has 3 N–H and O–H groups in total. The van der Waals surface area contributed by atoms with Crippen LogP contribution in [0.4, 0.5) is 11.4 Å². The van der Waals surface area contributed by atoms with Crippen molar-refractivity contribution in [2.75, 3.05) is 44.4 Å². The third kappa shape index (κ3) is 13.2. The van der Waals surface area contributed by atoms with Crippen molar-refractivity contribution in [1.82, 2.24) is 19.8 Å². The van der Waals surface area contributed by atoms with Crippen LogP contribution in [0.2, 0.25) is 0 Å². The Morgan fingerprint density at radius 2 is 1.04 bits per heavy atom. The molecule has 2 aliphatic rings. The lowest BCUT2D eigenvalue weighted by molar-refractivity contribution is -0.143. The van der Waals surface area contributed by atoms with E-state index in [1.807, 2.05) is 60.7 Å². The Morgan fingerprint density at radius 3 is 1.43 bits per heavy atom. The number of amides is 2. The van der Waals surface area contributed by atoms with E-state index in [2.05, 4.69) is 66.3 Å². The summed E-state index contributed by atoms with van der Waals surface area (Å²) in [6.45, 7) is 6.74. The van der Waals surface area contributed by atoms with E-state index >= 15 is 0 Å². The summed E-state index contributed by atoms with van der Waals surface area (Å²) in [5.41, 5.74) is 8.39. The number of anilines is 2. The van der Waals surface area contributed by atoms with Crippen LogP contribution in [0.3, 0.4) is 0 Å². The van der Waals surface area contributed by atoms with E-state index in [0.29, 0.717) is 36.1 Å². The van der Waals surface area contributed by atoms with Crippen molar-refractivity contribution < 1.29 is 37.9 Å². The third-order valence-electron chi connectivity index (χ3n) is 13.6. The number of aryl methyl sites for hydroxylation is 2. The Hall–Kier alpha value is -5.74. The van der Waals surface area contributed by atoms with Gasteiger partial charge in [0.2, 0.25) is 0 Å². The summed E-state index contributed by atoms with van der Waals surface area (Å²) in [6, 6.07) is 22.6. The molecule has 0 bridgehead atoms. The summed E-state index contributed by atoms with van der Waals surface area (Å²) in [5, 5.41) is 16.2. The molecule has 0 aliphatic heterocycles. The maximum absolute atomic E-state index is 12.8. The zero-order valence-corrected chi connectivity index (χ0v) is 43.9. The van der Waals surface area contributed by atoms with Crippen molar-refractivity contribution in [3.63, 3.8) is 0 Å². The lowest BCUT2D eigenvalue weighted by Crippen LogP contribution is -2.29. The molecular weight excluding hydrogens is 1020 g/mol. The van der Waals surface area contributed by atoms with Gasteiger partial charge in [-0.1, -0.05) is 38.5 Å². The van der Waals surface area contributed by atoms with Crippen LogP contribution in [0, 0.1) is 25.7 Å². The van der Waals surface area contributed by atoms with E-state index in [9.17, 15) is 19.2 Å². The maximum atomic E-state index is 12.8. The number of halogens is 2. The highest BCUT2D eigenvalue weighted by atomic mass is 79.9. The Kier molecular flexibility index (Phi) is 18.2. The smallest absolute Gasteiger partial charge is 0.307 e. The molecule has 2 unspecified atom stereocenters. The molecule has 0 radical (unpaired) electrons. The Labute approximate surface area is 426 Å². The highest BCUT2D eigenvalue weighted by Crippen LogP contribution is 2.42. The number of furan rings is 2. The van der Waals surface area contributed by atoms with Gasteiger partial charge in [0, 0.05) is 60.8 Å². The number of nitrogens with one attached hydrogen (secondary N) is 2. The van der Waals surface area contributed by atoms with E-state index in [1.54, 1.807) is 38.1 Å². The molecule has 4 heterocycles. The fourth-order valence-electron chi connectivity index (χ4n) is 9.67. The third-order valence-corrected chi connectivity index (χ3v) is 14.4. The maximum Gasteiger partial charge on any atom is 0.307 e. The van der Waals surface area contributed by atoms with Gasteiger partial charge in [-0.05, 0) is 163 Å². The molecule has 16 heteroatoms. The second-order valence-corrected chi connectivity index (χ2v) is 20.1. The minimum Gasteiger partial charge on any atom is -0.481 e. The summed E-state index contributed by atoms with van der Waals surface area (Å²) < 4.78 is 19.2. The minimum atomic E-state index is -0.920. The molecule has 2 fully saturated rings. The van der Waals surface area contributed by atoms with Gasteiger partial charge in [-0.15, -0.1) is 0 Å². The number of pyridine rings is 2. The van der Waals surface area contributed by atoms with Crippen LogP contribution >= 0.6 is 31.9 Å². The highest BCUT2D eigenvalue weighted by molar-refractivity contribution is 9.10. The normalized spacial score (nSPS) is 15.1. The first kappa shape index (κ1) is 52.1. The van der Waals surface area contributed by atoms with E-state index in [1.165, 1.54) is 43.4 Å². The Morgan fingerprint density at radius 1 is 0.643 bits per heavy atom. The molecule has 4 aromatic heterocycles. The number of benzene rings is 2. The number of carbonyl (C=O) groups excluding carboxylic acids is 3. The number of carboxylic acids is 1. The summed E-state index contributed by atoms with van der Waals surface area (Å²) >= 11 is 6.93. The second-order valence-electron chi connectivity index (χ2n) is 18.5. The number of carboxylic acid groups (broad SMARTS) is 1. The SMILES string of the molecule is CCOC(=O)CCN(C)C(=O)c1ccc(NC(c2oc3ccc(Br)nc3c2C)C2CCCCC2)cc1.Cc1c(C(Nc2ccc(C(=O)N(C)CCC(=O)O)cc2)C2CCCCC2)oc2ccc(Br)nc12. The van der Waals surface area contributed by atoms with Crippen LogP contribution in [0.5, 0.6) is 0 Å². The predicted molar refractivity (Wildman–Crippen MR) is 279 cm³/mol. The van der Waals surface area contributed by atoms with E-state index in [4.69, 9.17) is 18.7 Å². The first-order chi connectivity index (χ1) is 33.7. The monoisotopic (exact) mass is 1080 g/mol. The van der Waals surface area contributed by atoms with Crippen molar-refractivity contribution in [3.8, 4) is 0 Å². The Bertz CT molecular complexity index is 2750. The van der Waals surface area contributed by atoms with Gasteiger partial charge in [-0.3, -0.25) is 19.2 Å². The predicted octanol–water partition coefficient (Wildman–Crippen LogP) is 12.8. The zero-order valence-electron chi connectivity index (χ0n) is 40.7. The van der Waals surface area contributed by atoms with E-state index in [0.717, 1.165) is 91.1 Å². The molecule has 0 saturated heterocycles. The minimum absolute atomic E-state index is 0.00747. The average molecular weight is 1080 g/mol. The van der Waals surface area contributed by atoms with Crippen molar-refractivity contribution in [3.05, 3.63) is 116 Å². The number of fused-ring (bicyclic) bond motifs is 2. The summed E-state index contributed by atoms with van der Waals surface area (Å²) in [5.74, 6) is 1.21. The average Bonchev–Trinajstić information content (AvgIpc) is 3.87. The highest BCUT2D eigenvalue weighted by Gasteiger charge is 2.32. The van der Waals surface area contributed by atoms with Gasteiger partial charge in [0.25, 0.3) is 11.8 Å².